The van der Waals surface area contributed by atoms with E-state index in [1.165, 1.54) is 25.2 Å². The van der Waals surface area contributed by atoms with E-state index in [0.717, 1.165) is 21.7 Å². The van der Waals surface area contributed by atoms with Crippen LogP contribution < -0.4 is 30.9 Å². The van der Waals surface area contributed by atoms with E-state index in [1.54, 1.807) is 32.0 Å². The van der Waals surface area contributed by atoms with Gasteiger partial charge in [-0.3, -0.25) is 23.5 Å². The minimum atomic E-state index is -3.75. The van der Waals surface area contributed by atoms with Gasteiger partial charge in [-0.25, -0.2) is 8.42 Å². The number of hydrogen-bond donors (Lipinski definition) is 5. The fourth-order valence-electron chi connectivity index (χ4n) is 5.41. The summed E-state index contributed by atoms with van der Waals surface area (Å²) in [6.45, 7) is 13.9. The predicted octanol–water partition coefficient (Wildman–Crippen LogP) is 4.85. The van der Waals surface area contributed by atoms with Crippen LogP contribution >= 0.6 is 11.6 Å². The molecule has 4 atom stereocenters. The third-order valence-electron chi connectivity index (χ3n) is 8.76. The lowest BCUT2D eigenvalue weighted by atomic mass is 9.96. The maximum absolute atomic E-state index is 14.0. The van der Waals surface area contributed by atoms with E-state index in [4.69, 9.17) is 11.6 Å². The summed E-state index contributed by atoms with van der Waals surface area (Å²) >= 11 is 6.15. The molecule has 3 aromatic carbocycles. The number of carbonyl (C=O) groups excluding carboxylic acids is 4. The molecule has 4 amide bonds. The number of rotatable bonds is 17. The summed E-state index contributed by atoms with van der Waals surface area (Å²) in [6.07, 6.45) is 1.42. The average molecular weight is 783 g/mol. The van der Waals surface area contributed by atoms with Crippen molar-refractivity contribution in [1.82, 2.24) is 26.6 Å². The summed E-state index contributed by atoms with van der Waals surface area (Å²) in [7, 11) is -2.41. The van der Waals surface area contributed by atoms with Gasteiger partial charge in [0.15, 0.2) is 0 Å². The highest BCUT2D eigenvalue weighted by Crippen LogP contribution is 2.23. The highest BCUT2D eigenvalue weighted by Gasteiger charge is 2.28. The number of halogens is 1. The quantitative estimate of drug-likeness (QED) is 0.131. The minimum Gasteiger partial charge on any atom is -0.354 e. The molecule has 14 heteroatoms. The van der Waals surface area contributed by atoms with Gasteiger partial charge in [0.25, 0.3) is 11.8 Å². The summed E-state index contributed by atoms with van der Waals surface area (Å²) in [5, 5.41) is 15.4. The Bertz CT molecular complexity index is 1880. The topological polar surface area (TPSA) is 166 Å². The van der Waals surface area contributed by atoms with Crippen LogP contribution in [0.25, 0.3) is 0 Å². The lowest BCUT2D eigenvalue weighted by Crippen LogP contribution is -2.56. The zero-order valence-electron chi connectivity index (χ0n) is 32.6. The van der Waals surface area contributed by atoms with Crippen molar-refractivity contribution in [2.75, 3.05) is 30.7 Å². The molecule has 0 heterocycles. The highest BCUT2D eigenvalue weighted by atomic mass is 35.5. The molecule has 12 nitrogen and oxygen atoms in total. The summed E-state index contributed by atoms with van der Waals surface area (Å²) in [4.78, 5) is 53.8. The molecule has 0 aromatic heterocycles. The maximum atomic E-state index is 14.0. The van der Waals surface area contributed by atoms with Gasteiger partial charge in [0.05, 0.1) is 24.0 Å². The van der Waals surface area contributed by atoms with Crippen LogP contribution in [0.15, 0.2) is 72.8 Å². The van der Waals surface area contributed by atoms with E-state index in [-0.39, 0.29) is 46.5 Å². The summed E-state index contributed by atoms with van der Waals surface area (Å²) in [5.74, 6) is -1.86. The number of nitrogens with one attached hydrogen (secondary N) is 5. The predicted molar refractivity (Wildman–Crippen MR) is 215 cm³/mol. The van der Waals surface area contributed by atoms with E-state index in [1.807, 2.05) is 71.0 Å². The molecule has 0 aliphatic heterocycles. The Labute approximate surface area is 325 Å². The maximum Gasteiger partial charge on any atom is 0.251 e. The summed E-state index contributed by atoms with van der Waals surface area (Å²) in [6, 6.07) is 18.3. The van der Waals surface area contributed by atoms with Gasteiger partial charge in [-0.05, 0) is 73.1 Å². The molecule has 0 saturated heterocycles. The third-order valence-corrected chi connectivity index (χ3v) is 10.2. The van der Waals surface area contributed by atoms with Crippen molar-refractivity contribution in [3.05, 3.63) is 100 Å². The van der Waals surface area contributed by atoms with Crippen molar-refractivity contribution in [3.63, 3.8) is 0 Å². The van der Waals surface area contributed by atoms with Crippen LogP contribution in [0.4, 0.5) is 5.69 Å². The summed E-state index contributed by atoms with van der Waals surface area (Å²) < 4.78 is 26.1. The molecule has 0 aliphatic carbocycles. The van der Waals surface area contributed by atoms with Crippen molar-refractivity contribution in [2.45, 2.75) is 79.1 Å². The SMILES string of the molecule is CC(C)[C@H](NC(=O)[C@H](C)NC[C@H](Cc1ccccc1)NC(=O)c1cc(C(=O)N[C@H](C)c2cccc(Cl)c2)cc(N(C)S(C)(=O)=O)c1)C(=O)NCC(C)(C)C. The van der Waals surface area contributed by atoms with Crippen molar-refractivity contribution in [1.29, 1.82) is 0 Å². The average Bonchev–Trinajstić information content (AvgIpc) is 3.10. The van der Waals surface area contributed by atoms with E-state index >= 15 is 0 Å². The van der Waals surface area contributed by atoms with Gasteiger partial charge < -0.3 is 26.6 Å². The van der Waals surface area contributed by atoms with Gasteiger partial charge in [-0.2, -0.15) is 0 Å². The first-order valence-electron chi connectivity index (χ1n) is 18.0. The van der Waals surface area contributed by atoms with Gasteiger partial charge in [0.1, 0.15) is 6.04 Å². The number of benzene rings is 3. The largest absolute Gasteiger partial charge is 0.354 e. The monoisotopic (exact) mass is 782 g/mol. The van der Waals surface area contributed by atoms with E-state index in [0.29, 0.717) is 18.0 Å². The molecule has 0 spiro atoms. The second kappa shape index (κ2) is 19.2. The Kier molecular flexibility index (Phi) is 15.6. The molecule has 0 radical (unpaired) electrons. The Balaban J connectivity index is 1.85. The van der Waals surface area contributed by atoms with Crippen LogP contribution in [0.1, 0.15) is 86.4 Å². The fourth-order valence-corrected chi connectivity index (χ4v) is 6.10. The Morgan fingerprint density at radius 3 is 1.96 bits per heavy atom. The van der Waals surface area contributed by atoms with Crippen molar-refractivity contribution < 1.29 is 27.6 Å². The lowest BCUT2D eigenvalue weighted by molar-refractivity contribution is -0.131. The van der Waals surface area contributed by atoms with Crippen LogP contribution in [-0.4, -0.2) is 76.6 Å². The first-order valence-corrected chi connectivity index (χ1v) is 20.2. The van der Waals surface area contributed by atoms with Crippen LogP contribution in [-0.2, 0) is 26.0 Å². The van der Waals surface area contributed by atoms with Crippen LogP contribution in [0, 0.1) is 11.3 Å². The van der Waals surface area contributed by atoms with Crippen molar-refractivity contribution >= 4 is 50.9 Å². The highest BCUT2D eigenvalue weighted by molar-refractivity contribution is 7.92. The molecule has 3 aromatic rings. The zero-order valence-corrected chi connectivity index (χ0v) is 34.2. The van der Waals surface area contributed by atoms with Gasteiger partial charge >= 0.3 is 0 Å². The first kappa shape index (κ1) is 43.9. The summed E-state index contributed by atoms with van der Waals surface area (Å²) in [5.41, 5.74) is 1.84. The number of hydrogen-bond acceptors (Lipinski definition) is 7. The molecule has 54 heavy (non-hydrogen) atoms. The first-order chi connectivity index (χ1) is 25.1. The zero-order chi connectivity index (χ0) is 40.4. The third kappa shape index (κ3) is 13.7. The normalized spacial score (nSPS) is 14.0. The van der Waals surface area contributed by atoms with E-state index in [9.17, 15) is 27.6 Å². The Hall–Kier alpha value is -4.46. The number of carbonyl (C=O) groups is 4. The molecule has 0 saturated carbocycles. The van der Waals surface area contributed by atoms with Crippen LogP contribution in [0.5, 0.6) is 0 Å². The van der Waals surface area contributed by atoms with Gasteiger partial charge in [0, 0.05) is 42.3 Å². The minimum absolute atomic E-state index is 0.0634. The molecule has 0 bridgehead atoms. The Morgan fingerprint density at radius 2 is 1.41 bits per heavy atom. The van der Waals surface area contributed by atoms with E-state index < -0.39 is 46.0 Å². The van der Waals surface area contributed by atoms with Crippen molar-refractivity contribution in [3.8, 4) is 0 Å². The van der Waals surface area contributed by atoms with Crippen LogP contribution in [0.2, 0.25) is 5.02 Å². The molecule has 294 valence electrons. The molecule has 3 rings (SSSR count). The second-order valence-electron chi connectivity index (χ2n) is 15.2. The van der Waals surface area contributed by atoms with Gasteiger partial charge in [-0.15, -0.1) is 0 Å². The molecule has 0 fully saturated rings. The van der Waals surface area contributed by atoms with E-state index in [2.05, 4.69) is 26.6 Å². The smallest absolute Gasteiger partial charge is 0.251 e. The lowest BCUT2D eigenvalue weighted by Gasteiger charge is -2.27. The van der Waals surface area contributed by atoms with Gasteiger partial charge in [-0.1, -0.05) is 88.7 Å². The van der Waals surface area contributed by atoms with Crippen molar-refractivity contribution in [2.24, 2.45) is 11.3 Å². The number of sulfonamides is 1. The van der Waals surface area contributed by atoms with Crippen LogP contribution in [0.3, 0.4) is 0 Å². The molecular formula is C40H55ClN6O6S. The standard InChI is InChI=1S/C40H55ClN6O6S/c1-25(2)35(39(51)43-24-40(5,6)7)46-36(48)27(4)42-23-33(18-28-14-11-10-12-15-28)45-38(50)31-19-30(21-34(22-31)47(8)54(9,52)53)37(49)44-26(3)29-16-13-17-32(41)20-29/h10-17,19-22,25-27,33,35,42H,18,23-24H2,1-9H3,(H,43,51)(H,44,49)(H,45,50)(H,46,48)/t26-,27+,33+,35+/m1/s1. The number of anilines is 1. The number of nitrogens with zero attached hydrogens (tertiary/aromatic N) is 1. The van der Waals surface area contributed by atoms with Gasteiger partial charge in [0.2, 0.25) is 21.8 Å². The molecule has 5 N–H and O–H groups in total. The number of amides is 4. The Morgan fingerprint density at radius 1 is 0.796 bits per heavy atom. The molecule has 0 aliphatic rings. The molecular weight excluding hydrogens is 728 g/mol. The molecule has 0 unspecified atom stereocenters. The fraction of sp³-hybridized carbons (Fsp3) is 0.450. The second-order valence-corrected chi connectivity index (χ2v) is 17.7.